The van der Waals surface area contributed by atoms with Crippen molar-refractivity contribution in [3.8, 4) is 0 Å². The van der Waals surface area contributed by atoms with Crippen LogP contribution >= 0.6 is 0 Å². The monoisotopic (exact) mass is 336 g/mol. The Morgan fingerprint density at radius 2 is 1.72 bits per heavy atom. The maximum absolute atomic E-state index is 13.0. The summed E-state index contributed by atoms with van der Waals surface area (Å²) in [7, 11) is 0. The Kier molecular flexibility index (Phi) is 3.79. The van der Waals surface area contributed by atoms with Crippen LogP contribution < -0.4 is 4.90 Å². The van der Waals surface area contributed by atoms with E-state index >= 15 is 0 Å². The fourth-order valence-electron chi connectivity index (χ4n) is 4.29. The van der Waals surface area contributed by atoms with Crippen molar-refractivity contribution in [2.45, 2.75) is 37.5 Å². The Balaban J connectivity index is 1.79. The van der Waals surface area contributed by atoms with E-state index in [1.54, 1.807) is 42.7 Å². The molecule has 1 aliphatic heterocycles. The highest BCUT2D eigenvalue weighted by molar-refractivity contribution is 6.08. The summed E-state index contributed by atoms with van der Waals surface area (Å²) in [6.07, 6.45) is 8.69. The number of aromatic nitrogens is 1. The van der Waals surface area contributed by atoms with Gasteiger partial charge in [-0.3, -0.25) is 9.78 Å². The number of aromatic carboxylic acids is 1. The van der Waals surface area contributed by atoms with Gasteiger partial charge in [-0.05, 0) is 48.7 Å². The minimum absolute atomic E-state index is 0.0471. The van der Waals surface area contributed by atoms with Gasteiger partial charge in [0.25, 0.3) is 5.91 Å². The standard InChI is InChI=1S/C20H20N2O3/c23-18(14-6-10-21-11-7-14)22-13-20(8-2-1-3-9-20)16-12-15(19(24)25)4-5-17(16)22/h4-7,10-12H,1-3,8-9,13H2,(H,24,25). The number of pyridine rings is 1. The fraction of sp³-hybridized carbons (Fsp3) is 0.350. The van der Waals surface area contributed by atoms with Crippen LogP contribution in [0.15, 0.2) is 42.7 Å². The number of carboxylic acids is 1. The Morgan fingerprint density at radius 1 is 1.00 bits per heavy atom. The Hall–Kier alpha value is -2.69. The molecule has 5 nitrogen and oxygen atoms in total. The van der Waals surface area contributed by atoms with E-state index in [-0.39, 0.29) is 11.3 Å². The molecule has 25 heavy (non-hydrogen) atoms. The number of nitrogens with zero attached hydrogens (tertiary/aromatic N) is 2. The molecule has 128 valence electrons. The molecule has 5 heteroatoms. The molecule has 2 heterocycles. The summed E-state index contributed by atoms with van der Waals surface area (Å²) in [4.78, 5) is 30.3. The highest BCUT2D eigenvalue weighted by atomic mass is 16.4. The number of carbonyl (C=O) groups is 2. The molecule has 1 aliphatic carbocycles. The predicted molar refractivity (Wildman–Crippen MR) is 94.1 cm³/mol. The number of carboxylic acid groups (broad SMARTS) is 1. The van der Waals surface area contributed by atoms with Crippen LogP contribution in [0.5, 0.6) is 0 Å². The zero-order chi connectivity index (χ0) is 17.4. The molecule has 1 saturated carbocycles. The zero-order valence-corrected chi connectivity index (χ0v) is 13.9. The molecule has 0 atom stereocenters. The van der Waals surface area contributed by atoms with Gasteiger partial charge in [0.1, 0.15) is 0 Å². The molecular formula is C20H20N2O3. The Morgan fingerprint density at radius 3 is 2.40 bits per heavy atom. The van der Waals surface area contributed by atoms with Gasteiger partial charge in [-0.1, -0.05) is 19.3 Å². The van der Waals surface area contributed by atoms with Crippen LogP contribution in [0.1, 0.15) is 58.4 Å². The van der Waals surface area contributed by atoms with Gasteiger partial charge in [0, 0.05) is 35.6 Å². The second kappa shape index (κ2) is 5.99. The lowest BCUT2D eigenvalue weighted by Crippen LogP contribution is -2.38. The van der Waals surface area contributed by atoms with Crippen molar-refractivity contribution in [1.82, 2.24) is 4.98 Å². The average molecular weight is 336 g/mol. The maximum Gasteiger partial charge on any atom is 0.335 e. The van der Waals surface area contributed by atoms with E-state index in [1.807, 2.05) is 4.90 Å². The third-order valence-electron chi connectivity index (χ3n) is 5.55. The summed E-state index contributed by atoms with van der Waals surface area (Å²) < 4.78 is 0. The smallest absolute Gasteiger partial charge is 0.335 e. The quantitative estimate of drug-likeness (QED) is 0.909. The first-order chi connectivity index (χ1) is 12.1. The summed E-state index contributed by atoms with van der Waals surface area (Å²) >= 11 is 0. The third-order valence-corrected chi connectivity index (χ3v) is 5.55. The van der Waals surface area contributed by atoms with Gasteiger partial charge in [-0.15, -0.1) is 0 Å². The summed E-state index contributed by atoms with van der Waals surface area (Å²) in [5, 5.41) is 9.37. The number of anilines is 1. The lowest BCUT2D eigenvalue weighted by Gasteiger charge is -2.34. The summed E-state index contributed by atoms with van der Waals surface area (Å²) in [5.74, 6) is -0.971. The Labute approximate surface area is 146 Å². The van der Waals surface area contributed by atoms with E-state index in [4.69, 9.17) is 0 Å². The highest BCUT2D eigenvalue weighted by Crippen LogP contribution is 2.49. The molecule has 2 aromatic rings. The molecule has 2 aliphatic rings. The van der Waals surface area contributed by atoms with Crippen molar-refractivity contribution in [3.63, 3.8) is 0 Å². The Bertz CT molecular complexity index is 826. The molecule has 1 amide bonds. The molecule has 0 bridgehead atoms. The van der Waals surface area contributed by atoms with Gasteiger partial charge in [-0.2, -0.15) is 0 Å². The van der Waals surface area contributed by atoms with Crippen LogP contribution in [0.2, 0.25) is 0 Å². The van der Waals surface area contributed by atoms with Crippen molar-refractivity contribution in [1.29, 1.82) is 0 Å². The normalized spacial score (nSPS) is 18.2. The number of hydrogen-bond acceptors (Lipinski definition) is 3. The number of amides is 1. The van der Waals surface area contributed by atoms with Crippen LogP contribution in [0.4, 0.5) is 5.69 Å². The van der Waals surface area contributed by atoms with E-state index in [9.17, 15) is 14.7 Å². The van der Waals surface area contributed by atoms with E-state index in [0.29, 0.717) is 17.7 Å². The summed E-state index contributed by atoms with van der Waals surface area (Å²) in [6.45, 7) is 0.632. The molecule has 1 spiro atoms. The number of carbonyl (C=O) groups excluding carboxylic acids is 1. The van der Waals surface area contributed by atoms with Gasteiger partial charge in [0.05, 0.1) is 5.56 Å². The molecule has 1 aromatic carbocycles. The predicted octanol–water partition coefficient (Wildman–Crippen LogP) is 3.64. The SMILES string of the molecule is O=C(O)c1ccc2c(c1)C1(CCCCC1)CN2C(=O)c1ccncc1. The van der Waals surface area contributed by atoms with E-state index in [1.165, 1.54) is 6.42 Å². The van der Waals surface area contributed by atoms with E-state index in [0.717, 1.165) is 36.9 Å². The van der Waals surface area contributed by atoms with Crippen molar-refractivity contribution < 1.29 is 14.7 Å². The molecule has 0 saturated heterocycles. The molecule has 0 radical (unpaired) electrons. The highest BCUT2D eigenvalue weighted by Gasteiger charge is 2.45. The van der Waals surface area contributed by atoms with Gasteiger partial charge in [0.15, 0.2) is 0 Å². The second-order valence-corrected chi connectivity index (χ2v) is 7.01. The summed E-state index contributed by atoms with van der Waals surface area (Å²) in [5.41, 5.74) is 2.67. The van der Waals surface area contributed by atoms with Crippen molar-refractivity contribution in [3.05, 3.63) is 59.4 Å². The van der Waals surface area contributed by atoms with Crippen molar-refractivity contribution in [2.75, 3.05) is 11.4 Å². The van der Waals surface area contributed by atoms with Gasteiger partial charge < -0.3 is 10.0 Å². The van der Waals surface area contributed by atoms with E-state index < -0.39 is 5.97 Å². The first-order valence-electron chi connectivity index (χ1n) is 8.70. The third kappa shape index (κ3) is 2.60. The molecule has 1 aromatic heterocycles. The van der Waals surface area contributed by atoms with Crippen LogP contribution in [0.3, 0.4) is 0 Å². The lowest BCUT2D eigenvalue weighted by molar-refractivity contribution is 0.0696. The second-order valence-electron chi connectivity index (χ2n) is 7.01. The molecule has 4 rings (SSSR count). The number of fused-ring (bicyclic) bond motifs is 2. The van der Waals surface area contributed by atoms with E-state index in [2.05, 4.69) is 4.98 Å². The first kappa shape index (κ1) is 15.8. The lowest BCUT2D eigenvalue weighted by atomic mass is 9.70. The average Bonchev–Trinajstić information content (AvgIpc) is 2.96. The first-order valence-corrected chi connectivity index (χ1v) is 8.70. The van der Waals surface area contributed by atoms with Crippen LogP contribution in [-0.2, 0) is 5.41 Å². The number of benzene rings is 1. The van der Waals surface area contributed by atoms with Crippen LogP contribution in [-0.4, -0.2) is 28.5 Å². The topological polar surface area (TPSA) is 70.5 Å². The van der Waals surface area contributed by atoms with Crippen LogP contribution in [0, 0.1) is 0 Å². The minimum Gasteiger partial charge on any atom is -0.478 e. The maximum atomic E-state index is 13.0. The molecular weight excluding hydrogens is 316 g/mol. The largest absolute Gasteiger partial charge is 0.478 e. The fourth-order valence-corrected chi connectivity index (χ4v) is 4.29. The minimum atomic E-state index is -0.923. The molecule has 1 fully saturated rings. The van der Waals surface area contributed by atoms with Crippen molar-refractivity contribution in [2.24, 2.45) is 0 Å². The van der Waals surface area contributed by atoms with Crippen LogP contribution in [0.25, 0.3) is 0 Å². The number of rotatable bonds is 2. The zero-order valence-electron chi connectivity index (χ0n) is 13.9. The molecule has 0 unspecified atom stereocenters. The van der Waals surface area contributed by atoms with Gasteiger partial charge >= 0.3 is 5.97 Å². The number of hydrogen-bond donors (Lipinski definition) is 1. The van der Waals surface area contributed by atoms with Gasteiger partial charge in [0.2, 0.25) is 0 Å². The molecule has 1 N–H and O–H groups in total. The van der Waals surface area contributed by atoms with Crippen molar-refractivity contribution >= 4 is 17.6 Å². The summed E-state index contributed by atoms with van der Waals surface area (Å²) in [6, 6.07) is 8.61. The van der Waals surface area contributed by atoms with Gasteiger partial charge in [-0.25, -0.2) is 4.79 Å².